The Hall–Kier alpha value is -1.90. The fourth-order valence-electron chi connectivity index (χ4n) is 2.27. The Balaban J connectivity index is 2.07. The van der Waals surface area contributed by atoms with Crippen molar-refractivity contribution in [2.45, 2.75) is 33.6 Å². The molecule has 19 heavy (non-hydrogen) atoms. The predicted octanol–water partition coefficient (Wildman–Crippen LogP) is 2.70. The largest absolute Gasteiger partial charge is 0.299 e. The number of rotatable bonds is 4. The van der Waals surface area contributed by atoms with E-state index in [2.05, 4.69) is 5.10 Å². The monoisotopic (exact) mass is 256 g/mol. The molecule has 0 saturated carbocycles. The van der Waals surface area contributed by atoms with Crippen LogP contribution in [0.5, 0.6) is 0 Å². The summed E-state index contributed by atoms with van der Waals surface area (Å²) in [7, 11) is 1.91. The third-order valence-electron chi connectivity index (χ3n) is 3.55. The lowest BCUT2D eigenvalue weighted by Crippen LogP contribution is -2.08. The van der Waals surface area contributed by atoms with E-state index in [0.717, 1.165) is 22.5 Å². The number of Topliss-reactive ketones (excluding diaryl/α,β-unsaturated/α-hetero) is 1. The van der Waals surface area contributed by atoms with Gasteiger partial charge < -0.3 is 0 Å². The maximum absolute atomic E-state index is 12.1. The molecule has 100 valence electrons. The Morgan fingerprint density at radius 3 is 2.26 bits per heavy atom. The summed E-state index contributed by atoms with van der Waals surface area (Å²) in [5.41, 5.74) is 5.40. The highest BCUT2D eigenvalue weighted by Gasteiger charge is 2.13. The van der Waals surface area contributed by atoms with Gasteiger partial charge in [0.25, 0.3) is 0 Å². The van der Waals surface area contributed by atoms with E-state index >= 15 is 0 Å². The lowest BCUT2D eigenvalue weighted by atomic mass is 10.0. The van der Waals surface area contributed by atoms with E-state index in [1.54, 1.807) is 0 Å². The van der Waals surface area contributed by atoms with Gasteiger partial charge in [0.15, 0.2) is 0 Å². The summed E-state index contributed by atoms with van der Waals surface area (Å²) in [6.45, 7) is 6.02. The summed E-state index contributed by atoms with van der Waals surface area (Å²) in [6, 6.07) is 8.14. The van der Waals surface area contributed by atoms with Crippen LogP contribution in [0.15, 0.2) is 24.3 Å². The summed E-state index contributed by atoms with van der Waals surface area (Å²) in [5, 5.41) is 4.35. The lowest BCUT2D eigenvalue weighted by Gasteiger charge is -2.03. The van der Waals surface area contributed by atoms with E-state index in [9.17, 15) is 4.79 Å². The van der Waals surface area contributed by atoms with Crippen LogP contribution >= 0.6 is 0 Å². The molecule has 0 radical (unpaired) electrons. The zero-order valence-electron chi connectivity index (χ0n) is 12.0. The van der Waals surface area contributed by atoms with Gasteiger partial charge in [0.2, 0.25) is 0 Å². The second-order valence-electron chi connectivity index (χ2n) is 5.15. The van der Waals surface area contributed by atoms with Gasteiger partial charge in [-0.2, -0.15) is 5.10 Å². The first kappa shape index (κ1) is 13.5. The van der Waals surface area contributed by atoms with Crippen LogP contribution in [0, 0.1) is 20.8 Å². The first-order valence-corrected chi connectivity index (χ1v) is 6.53. The van der Waals surface area contributed by atoms with Crippen molar-refractivity contribution in [1.82, 2.24) is 9.78 Å². The minimum atomic E-state index is 0.239. The zero-order valence-corrected chi connectivity index (χ0v) is 12.0. The topological polar surface area (TPSA) is 34.9 Å². The smallest absolute Gasteiger partial charge is 0.141 e. The molecule has 1 aromatic carbocycles. The summed E-state index contributed by atoms with van der Waals surface area (Å²) >= 11 is 0. The van der Waals surface area contributed by atoms with Crippen LogP contribution in [0.25, 0.3) is 0 Å². The molecule has 0 aliphatic heterocycles. The minimum Gasteiger partial charge on any atom is -0.299 e. The van der Waals surface area contributed by atoms with Crippen molar-refractivity contribution in [3.63, 3.8) is 0 Å². The number of aryl methyl sites for hydroxylation is 3. The maximum atomic E-state index is 12.1. The third-order valence-corrected chi connectivity index (χ3v) is 3.55. The minimum absolute atomic E-state index is 0.239. The van der Waals surface area contributed by atoms with Gasteiger partial charge >= 0.3 is 0 Å². The van der Waals surface area contributed by atoms with Gasteiger partial charge in [0.05, 0.1) is 5.69 Å². The molecular formula is C16H20N2O. The number of hydrogen-bond donors (Lipinski definition) is 0. The molecule has 0 spiro atoms. The number of nitrogens with zero attached hydrogens (tertiary/aromatic N) is 2. The number of ketones is 1. The predicted molar refractivity (Wildman–Crippen MR) is 76.3 cm³/mol. The summed E-state index contributed by atoms with van der Waals surface area (Å²) in [4.78, 5) is 12.1. The molecule has 0 aliphatic rings. The first-order valence-electron chi connectivity index (χ1n) is 6.53. The van der Waals surface area contributed by atoms with Crippen molar-refractivity contribution in [2.24, 2.45) is 7.05 Å². The highest BCUT2D eigenvalue weighted by atomic mass is 16.1. The molecule has 0 bridgehead atoms. The van der Waals surface area contributed by atoms with Crippen LogP contribution in [0.3, 0.4) is 0 Å². The Labute approximate surface area is 114 Å². The lowest BCUT2D eigenvalue weighted by molar-refractivity contribution is -0.117. The van der Waals surface area contributed by atoms with Crippen molar-refractivity contribution in [3.05, 3.63) is 52.3 Å². The van der Waals surface area contributed by atoms with Crippen LogP contribution in [0.1, 0.15) is 28.1 Å². The molecule has 0 fully saturated rings. The summed E-state index contributed by atoms with van der Waals surface area (Å²) in [6.07, 6.45) is 0.966. The Morgan fingerprint density at radius 1 is 1.11 bits per heavy atom. The van der Waals surface area contributed by atoms with E-state index in [-0.39, 0.29) is 5.78 Å². The SMILES string of the molecule is Cc1ccc(CC(=O)Cc2c(C)nn(C)c2C)cc1. The molecular weight excluding hydrogens is 236 g/mol. The fraction of sp³-hybridized carbons (Fsp3) is 0.375. The fourth-order valence-corrected chi connectivity index (χ4v) is 2.27. The zero-order chi connectivity index (χ0) is 14.0. The van der Waals surface area contributed by atoms with E-state index in [4.69, 9.17) is 0 Å². The van der Waals surface area contributed by atoms with Gasteiger partial charge in [-0.05, 0) is 26.3 Å². The van der Waals surface area contributed by atoms with E-state index in [0.29, 0.717) is 12.8 Å². The molecule has 2 rings (SSSR count). The highest BCUT2D eigenvalue weighted by molar-refractivity contribution is 5.83. The Kier molecular flexibility index (Phi) is 3.84. The average Bonchev–Trinajstić information content (AvgIpc) is 2.59. The van der Waals surface area contributed by atoms with Crippen LogP contribution in [-0.4, -0.2) is 15.6 Å². The number of hydrogen-bond acceptors (Lipinski definition) is 2. The molecule has 0 atom stereocenters. The number of carbonyl (C=O) groups excluding carboxylic acids is 1. The van der Waals surface area contributed by atoms with Gasteiger partial charge in [0, 0.05) is 31.1 Å². The molecule has 3 nitrogen and oxygen atoms in total. The normalized spacial score (nSPS) is 10.7. The van der Waals surface area contributed by atoms with Crippen molar-refractivity contribution < 1.29 is 4.79 Å². The standard InChI is InChI=1S/C16H20N2O/c1-11-5-7-14(8-6-11)9-15(19)10-16-12(2)17-18(4)13(16)3/h5-8H,9-10H2,1-4H3. The molecule has 0 aliphatic carbocycles. The molecule has 1 heterocycles. The second kappa shape index (κ2) is 5.39. The summed E-state index contributed by atoms with van der Waals surface area (Å²) < 4.78 is 1.84. The van der Waals surface area contributed by atoms with Crippen LogP contribution in [0.2, 0.25) is 0 Å². The maximum Gasteiger partial charge on any atom is 0.141 e. The molecule has 0 amide bonds. The van der Waals surface area contributed by atoms with Crippen LogP contribution < -0.4 is 0 Å². The molecule has 1 aromatic heterocycles. The Morgan fingerprint density at radius 2 is 1.74 bits per heavy atom. The molecule has 0 saturated heterocycles. The summed E-state index contributed by atoms with van der Waals surface area (Å²) in [5.74, 6) is 0.239. The van der Waals surface area contributed by atoms with Crippen molar-refractivity contribution in [3.8, 4) is 0 Å². The van der Waals surface area contributed by atoms with Gasteiger partial charge in [-0.25, -0.2) is 0 Å². The average molecular weight is 256 g/mol. The third kappa shape index (κ3) is 3.11. The number of carbonyl (C=O) groups is 1. The van der Waals surface area contributed by atoms with Gasteiger partial charge in [-0.3, -0.25) is 9.48 Å². The van der Waals surface area contributed by atoms with Crippen molar-refractivity contribution in [2.75, 3.05) is 0 Å². The number of aromatic nitrogens is 2. The van der Waals surface area contributed by atoms with Gasteiger partial charge in [-0.1, -0.05) is 29.8 Å². The first-order chi connectivity index (χ1) is 8.97. The molecule has 0 unspecified atom stereocenters. The second-order valence-corrected chi connectivity index (χ2v) is 5.15. The quantitative estimate of drug-likeness (QED) is 0.843. The van der Waals surface area contributed by atoms with E-state index in [1.807, 2.05) is 56.8 Å². The van der Waals surface area contributed by atoms with Crippen LogP contribution in [0.4, 0.5) is 0 Å². The van der Waals surface area contributed by atoms with Crippen molar-refractivity contribution >= 4 is 5.78 Å². The Bertz CT molecular complexity index is 594. The number of benzene rings is 1. The molecule has 0 N–H and O–H groups in total. The van der Waals surface area contributed by atoms with Gasteiger partial charge in [0.1, 0.15) is 5.78 Å². The van der Waals surface area contributed by atoms with E-state index in [1.165, 1.54) is 5.56 Å². The molecule has 3 heteroatoms. The van der Waals surface area contributed by atoms with Crippen molar-refractivity contribution in [1.29, 1.82) is 0 Å². The highest BCUT2D eigenvalue weighted by Crippen LogP contribution is 2.14. The molecule has 2 aromatic rings. The van der Waals surface area contributed by atoms with E-state index < -0.39 is 0 Å². The van der Waals surface area contributed by atoms with Crippen LogP contribution in [-0.2, 0) is 24.7 Å². The van der Waals surface area contributed by atoms with Gasteiger partial charge in [-0.15, -0.1) is 0 Å².